The van der Waals surface area contributed by atoms with E-state index in [9.17, 15) is 8.78 Å². The van der Waals surface area contributed by atoms with Crippen molar-refractivity contribution in [2.75, 3.05) is 0 Å². The highest BCUT2D eigenvalue weighted by atomic mass is 19.2. The van der Waals surface area contributed by atoms with Crippen molar-refractivity contribution in [1.29, 1.82) is 0 Å². The van der Waals surface area contributed by atoms with Crippen molar-refractivity contribution in [3.63, 3.8) is 0 Å². The smallest absolute Gasteiger partial charge is 0.195 e. The van der Waals surface area contributed by atoms with Gasteiger partial charge in [-0.25, -0.2) is 8.78 Å². The van der Waals surface area contributed by atoms with E-state index in [2.05, 4.69) is 6.58 Å². The van der Waals surface area contributed by atoms with Gasteiger partial charge in [0.15, 0.2) is 5.83 Å². The molecule has 0 rings (SSSR count). The Morgan fingerprint density at radius 2 is 1.88 bits per heavy atom. The largest absolute Gasteiger partial charge is 0.505 e. The molecule has 0 amide bonds. The molecule has 0 fully saturated rings. The van der Waals surface area contributed by atoms with Gasteiger partial charge in [0.25, 0.3) is 0 Å². The lowest BCUT2D eigenvalue weighted by Gasteiger charge is -1.89. The molecule has 1 N–H and O–H groups in total. The lowest BCUT2D eigenvalue weighted by atomic mass is 10.4. The molecular weight excluding hydrogens is 114 g/mol. The second-order valence-electron chi connectivity index (χ2n) is 1.29. The van der Waals surface area contributed by atoms with Crippen molar-refractivity contribution < 1.29 is 13.9 Å². The highest BCUT2D eigenvalue weighted by molar-refractivity contribution is 5.16. The molecule has 0 bridgehead atoms. The predicted molar refractivity (Wildman–Crippen MR) is 26.7 cm³/mol. The van der Waals surface area contributed by atoms with Crippen LogP contribution < -0.4 is 0 Å². The summed E-state index contributed by atoms with van der Waals surface area (Å²) in [6, 6.07) is 0. The lowest BCUT2D eigenvalue weighted by molar-refractivity contribution is 0.379. The fourth-order valence-corrected chi connectivity index (χ4v) is 0.199. The highest BCUT2D eigenvalue weighted by Gasteiger charge is 2.01. The van der Waals surface area contributed by atoms with Gasteiger partial charge >= 0.3 is 0 Å². The Morgan fingerprint density at radius 1 is 1.50 bits per heavy atom. The van der Waals surface area contributed by atoms with Crippen molar-refractivity contribution in [2.24, 2.45) is 0 Å². The number of halogens is 2. The van der Waals surface area contributed by atoms with Crippen LogP contribution in [0.2, 0.25) is 0 Å². The van der Waals surface area contributed by atoms with Crippen LogP contribution in [0.4, 0.5) is 8.78 Å². The van der Waals surface area contributed by atoms with Gasteiger partial charge in [0.1, 0.15) is 11.6 Å². The molecule has 0 aromatic heterocycles. The molecule has 0 aliphatic heterocycles. The quantitative estimate of drug-likeness (QED) is 0.415. The second kappa shape index (κ2) is 2.45. The summed E-state index contributed by atoms with van der Waals surface area (Å²) < 4.78 is 23.4. The standard InChI is InChI=1S/C5H6F2O/c1-3(6)5(7)4(2)8/h8H,2H2,1H3/b5-3-. The first-order chi connectivity index (χ1) is 3.55. The Labute approximate surface area is 45.9 Å². The van der Waals surface area contributed by atoms with Crippen molar-refractivity contribution in [3.8, 4) is 0 Å². The zero-order valence-electron chi connectivity index (χ0n) is 4.41. The summed E-state index contributed by atoms with van der Waals surface area (Å²) in [6.45, 7) is 3.66. The summed E-state index contributed by atoms with van der Waals surface area (Å²) in [5.74, 6) is -3.22. The molecule has 0 saturated carbocycles. The van der Waals surface area contributed by atoms with Gasteiger partial charge in [0.05, 0.1) is 0 Å². The van der Waals surface area contributed by atoms with Crippen LogP contribution in [0.1, 0.15) is 6.92 Å². The Kier molecular flexibility index (Phi) is 2.19. The highest BCUT2D eigenvalue weighted by Crippen LogP contribution is 2.11. The van der Waals surface area contributed by atoms with Crippen LogP contribution in [0.15, 0.2) is 24.0 Å². The average molecular weight is 120 g/mol. The molecule has 0 aromatic rings. The normalized spacial score (nSPS) is 12.9. The number of hydrogen-bond donors (Lipinski definition) is 1. The van der Waals surface area contributed by atoms with Crippen LogP contribution in [0, 0.1) is 0 Å². The van der Waals surface area contributed by atoms with Gasteiger partial charge in [-0.2, -0.15) is 0 Å². The number of rotatable bonds is 1. The maximum Gasteiger partial charge on any atom is 0.195 e. The maximum absolute atomic E-state index is 11.8. The van der Waals surface area contributed by atoms with E-state index in [1.807, 2.05) is 0 Å². The van der Waals surface area contributed by atoms with Crippen LogP contribution in [-0.2, 0) is 0 Å². The van der Waals surface area contributed by atoms with E-state index >= 15 is 0 Å². The van der Waals surface area contributed by atoms with Crippen molar-refractivity contribution >= 4 is 0 Å². The van der Waals surface area contributed by atoms with Gasteiger partial charge in [-0.3, -0.25) is 0 Å². The van der Waals surface area contributed by atoms with Crippen LogP contribution >= 0.6 is 0 Å². The zero-order chi connectivity index (χ0) is 6.73. The molecule has 46 valence electrons. The summed E-state index contributed by atoms with van der Waals surface area (Å²) in [5, 5.41) is 8.12. The summed E-state index contributed by atoms with van der Waals surface area (Å²) in [6.07, 6.45) is 0. The van der Waals surface area contributed by atoms with E-state index in [1.165, 1.54) is 0 Å². The summed E-state index contributed by atoms with van der Waals surface area (Å²) in [7, 11) is 0. The van der Waals surface area contributed by atoms with E-state index in [0.29, 0.717) is 0 Å². The molecule has 0 aromatic carbocycles. The van der Waals surface area contributed by atoms with Gasteiger partial charge in [-0.15, -0.1) is 0 Å². The molecule has 0 unspecified atom stereocenters. The molecule has 0 heterocycles. The second-order valence-corrected chi connectivity index (χ2v) is 1.29. The molecule has 0 spiro atoms. The van der Waals surface area contributed by atoms with Crippen molar-refractivity contribution in [1.82, 2.24) is 0 Å². The first kappa shape index (κ1) is 7.14. The molecule has 1 nitrogen and oxygen atoms in total. The summed E-state index contributed by atoms with van der Waals surface area (Å²) in [4.78, 5) is 0. The number of aliphatic hydroxyl groups is 1. The zero-order valence-corrected chi connectivity index (χ0v) is 4.41. The molecule has 0 aliphatic carbocycles. The lowest BCUT2D eigenvalue weighted by Crippen LogP contribution is -1.79. The first-order valence-corrected chi connectivity index (χ1v) is 1.96. The van der Waals surface area contributed by atoms with Crippen molar-refractivity contribution in [2.45, 2.75) is 6.92 Å². The number of hydrogen-bond acceptors (Lipinski definition) is 1. The van der Waals surface area contributed by atoms with Gasteiger partial charge in [-0.05, 0) is 6.92 Å². The maximum atomic E-state index is 11.8. The first-order valence-electron chi connectivity index (χ1n) is 1.96. The molecule has 0 radical (unpaired) electrons. The SMILES string of the molecule is C=C(O)/C(F)=C(\C)F. The van der Waals surface area contributed by atoms with Gasteiger partial charge in [0, 0.05) is 0 Å². The fraction of sp³-hybridized carbons (Fsp3) is 0.200. The Hall–Kier alpha value is -0.860. The third-order valence-corrected chi connectivity index (χ3v) is 0.556. The molecule has 0 atom stereocenters. The Bertz CT molecular complexity index is 133. The van der Waals surface area contributed by atoms with Gasteiger partial charge in [-0.1, -0.05) is 6.58 Å². The minimum atomic E-state index is -1.29. The third kappa shape index (κ3) is 1.73. The van der Waals surface area contributed by atoms with E-state index in [-0.39, 0.29) is 0 Å². The number of aliphatic hydroxyl groups excluding tert-OH is 1. The number of allylic oxidation sites excluding steroid dienone is 2. The molecule has 3 heteroatoms. The van der Waals surface area contributed by atoms with E-state index in [0.717, 1.165) is 6.92 Å². The average Bonchev–Trinajstić information content (AvgIpc) is 1.64. The molecular formula is C5H6F2O. The summed E-state index contributed by atoms with van der Waals surface area (Å²) in [5.41, 5.74) is 0. The van der Waals surface area contributed by atoms with E-state index in [1.54, 1.807) is 0 Å². The minimum Gasteiger partial charge on any atom is -0.505 e. The third-order valence-electron chi connectivity index (χ3n) is 0.556. The van der Waals surface area contributed by atoms with Crippen LogP contribution in [0.25, 0.3) is 0 Å². The monoisotopic (exact) mass is 120 g/mol. The predicted octanol–water partition coefficient (Wildman–Crippen LogP) is 2.23. The summed E-state index contributed by atoms with van der Waals surface area (Å²) >= 11 is 0. The van der Waals surface area contributed by atoms with E-state index < -0.39 is 17.4 Å². The van der Waals surface area contributed by atoms with Gasteiger partial charge in [0.2, 0.25) is 0 Å². The Balaban J connectivity index is 4.23. The van der Waals surface area contributed by atoms with Crippen LogP contribution in [0.3, 0.4) is 0 Å². The fourth-order valence-electron chi connectivity index (χ4n) is 0.199. The van der Waals surface area contributed by atoms with Crippen molar-refractivity contribution in [3.05, 3.63) is 24.0 Å². The molecule has 0 saturated heterocycles. The van der Waals surface area contributed by atoms with Crippen LogP contribution in [0.5, 0.6) is 0 Å². The topological polar surface area (TPSA) is 20.2 Å². The molecule has 0 aliphatic rings. The van der Waals surface area contributed by atoms with Gasteiger partial charge < -0.3 is 5.11 Å². The Morgan fingerprint density at radius 3 is 1.88 bits per heavy atom. The van der Waals surface area contributed by atoms with Crippen LogP contribution in [-0.4, -0.2) is 5.11 Å². The van der Waals surface area contributed by atoms with E-state index in [4.69, 9.17) is 5.11 Å². The molecule has 8 heavy (non-hydrogen) atoms. The minimum absolute atomic E-state index is 0.870.